The fourth-order valence-electron chi connectivity index (χ4n) is 7.71. The Kier molecular flexibility index (Phi) is 14.5. The van der Waals surface area contributed by atoms with Crippen LogP contribution in [0.2, 0.25) is 0 Å². The highest BCUT2D eigenvalue weighted by Crippen LogP contribution is 2.28. The second kappa shape index (κ2) is 20.2. The predicted molar refractivity (Wildman–Crippen MR) is 243 cm³/mol. The van der Waals surface area contributed by atoms with Gasteiger partial charge in [0.1, 0.15) is 11.9 Å². The first-order valence-electron chi connectivity index (χ1n) is 21.2. The zero-order valence-electron chi connectivity index (χ0n) is 35.8. The van der Waals surface area contributed by atoms with Gasteiger partial charge in [-0.25, -0.2) is 26.6 Å². The second-order valence-electron chi connectivity index (χ2n) is 16.0. The highest BCUT2D eigenvalue weighted by Gasteiger charge is 2.31. The van der Waals surface area contributed by atoms with Crippen LogP contribution in [0.1, 0.15) is 73.5 Å². The van der Waals surface area contributed by atoms with E-state index in [1.54, 1.807) is 55.1 Å². The number of carbonyl (C=O) groups excluding carboxylic acids is 4. The molecule has 4 heterocycles. The first-order valence-corrected chi connectivity index (χ1v) is 23.6. The van der Waals surface area contributed by atoms with E-state index < -0.39 is 44.9 Å². The van der Waals surface area contributed by atoms with Gasteiger partial charge in [0, 0.05) is 49.2 Å². The van der Waals surface area contributed by atoms with E-state index in [0.29, 0.717) is 60.2 Å². The van der Waals surface area contributed by atoms with Crippen molar-refractivity contribution in [2.45, 2.75) is 70.1 Å². The van der Waals surface area contributed by atoms with Crippen molar-refractivity contribution < 1.29 is 36.7 Å². The highest BCUT2D eigenvalue weighted by molar-refractivity contribution is 7.90. The fraction of sp³-hybridized carbons (Fsp3) is 0.378. The van der Waals surface area contributed by atoms with E-state index in [2.05, 4.69) is 26.3 Å². The molecule has 4 N–H and O–H groups in total. The average Bonchev–Trinajstić information content (AvgIpc) is 3.97. The molecule has 16 nitrogen and oxygen atoms in total. The molecule has 0 radical (unpaired) electrons. The Bertz CT molecular complexity index is 2880. The minimum absolute atomic E-state index is 0.127. The lowest BCUT2D eigenvalue weighted by atomic mass is 10.0. The number of halogens is 1. The number of rotatable bonds is 20. The third-order valence-corrected chi connectivity index (χ3v) is 13.9. The number of nitrogens with one attached hydrogen (secondary N) is 4. The SMILES string of the molecule is CC(C)S(=O)(=O)n1cc(C(=O)NCC(=O)Nc2nc(-c3cc(F)cc(CCCOCCCNCCCc4ccc5c(c4)n(C)c(=O)n5C4CCC(=O)NC4=O)c3)cs2)c2ccccc21. The van der Waals surface area contributed by atoms with Crippen LogP contribution in [0.5, 0.6) is 0 Å². The zero-order chi connectivity index (χ0) is 45.5. The van der Waals surface area contributed by atoms with Crippen molar-refractivity contribution in [3.63, 3.8) is 0 Å². The van der Waals surface area contributed by atoms with Crippen molar-refractivity contribution in [3.05, 3.63) is 105 Å². The van der Waals surface area contributed by atoms with E-state index in [9.17, 15) is 36.8 Å². The molecule has 64 heavy (non-hydrogen) atoms. The van der Waals surface area contributed by atoms with Crippen LogP contribution in [0.25, 0.3) is 33.2 Å². The monoisotopic (exact) mass is 914 g/mol. The van der Waals surface area contributed by atoms with E-state index in [-0.39, 0.29) is 35.3 Å². The lowest BCUT2D eigenvalue weighted by Crippen LogP contribution is -2.44. The lowest BCUT2D eigenvalue weighted by molar-refractivity contribution is -0.135. The largest absolute Gasteiger partial charge is 0.381 e. The maximum Gasteiger partial charge on any atom is 0.329 e. The van der Waals surface area contributed by atoms with Crippen molar-refractivity contribution in [2.75, 3.05) is 38.2 Å². The van der Waals surface area contributed by atoms with Crippen LogP contribution in [0.3, 0.4) is 0 Å². The molecule has 0 aliphatic carbocycles. The Morgan fingerprint density at radius 1 is 0.953 bits per heavy atom. The quantitative estimate of drug-likeness (QED) is 0.0593. The van der Waals surface area contributed by atoms with E-state index >= 15 is 0 Å². The van der Waals surface area contributed by atoms with Crippen LogP contribution in [0.15, 0.2) is 77.0 Å². The van der Waals surface area contributed by atoms with Gasteiger partial charge in [-0.15, -0.1) is 11.3 Å². The number of ether oxygens (including phenoxy) is 1. The van der Waals surface area contributed by atoms with Gasteiger partial charge in [0.15, 0.2) is 5.13 Å². The van der Waals surface area contributed by atoms with Gasteiger partial charge in [-0.05, 0) is 113 Å². The van der Waals surface area contributed by atoms with E-state index in [1.165, 1.54) is 22.9 Å². The van der Waals surface area contributed by atoms with Crippen LogP contribution in [-0.2, 0) is 49.0 Å². The average molecular weight is 915 g/mol. The van der Waals surface area contributed by atoms with Gasteiger partial charge in [-0.2, -0.15) is 0 Å². The number of fused-ring (bicyclic) bond motifs is 2. The number of benzene rings is 3. The maximum atomic E-state index is 14.7. The van der Waals surface area contributed by atoms with Crippen LogP contribution in [0.4, 0.5) is 9.52 Å². The molecule has 1 fully saturated rings. The third-order valence-electron chi connectivity index (χ3n) is 11.1. The van der Waals surface area contributed by atoms with Crippen molar-refractivity contribution >= 4 is 72.1 Å². The number of piperidine rings is 1. The van der Waals surface area contributed by atoms with E-state index in [0.717, 1.165) is 64.3 Å². The molecule has 19 heteroatoms. The molecule has 0 bridgehead atoms. The summed E-state index contributed by atoms with van der Waals surface area (Å²) >= 11 is 1.16. The minimum Gasteiger partial charge on any atom is -0.381 e. The van der Waals surface area contributed by atoms with Gasteiger partial charge in [-0.3, -0.25) is 33.6 Å². The Hall–Kier alpha value is -6.02. The number of amides is 4. The molecule has 338 valence electrons. The lowest BCUT2D eigenvalue weighted by Gasteiger charge is -2.21. The van der Waals surface area contributed by atoms with Gasteiger partial charge in [0.25, 0.3) is 5.91 Å². The summed E-state index contributed by atoms with van der Waals surface area (Å²) in [4.78, 5) is 67.5. The summed E-state index contributed by atoms with van der Waals surface area (Å²) < 4.78 is 50.5. The first-order chi connectivity index (χ1) is 30.7. The molecular formula is C45H51FN8O8S2. The summed E-state index contributed by atoms with van der Waals surface area (Å²) in [7, 11) is -2.05. The summed E-state index contributed by atoms with van der Waals surface area (Å²) in [5, 5.41) is 12.7. The molecule has 4 amide bonds. The molecule has 7 rings (SSSR count). The zero-order valence-corrected chi connectivity index (χ0v) is 37.5. The van der Waals surface area contributed by atoms with Crippen LogP contribution in [0, 0.1) is 5.82 Å². The third kappa shape index (κ3) is 10.5. The van der Waals surface area contributed by atoms with Crippen molar-refractivity contribution in [1.29, 1.82) is 0 Å². The van der Waals surface area contributed by atoms with Gasteiger partial charge in [0.05, 0.1) is 39.6 Å². The molecule has 1 aliphatic heterocycles. The Balaban J connectivity index is 0.794. The standard InChI is InChI=1S/C45H51FN8O8S2/c1-28(2)64(60,61)53-26-34(33-11-4-5-12-36(33)53)42(57)48-25-41(56)51-44-49-35(27-63-44)31-21-30(22-32(46)24-31)10-7-19-62-20-8-18-47-17-6-9-29-13-14-37-39(23-29)52(3)45(59)54(37)38-15-16-40(55)50-43(38)58/h4-5,11-14,21-24,26-28,38,47H,6-10,15-20,25H2,1-3H3,(H,48,57)(H,49,51,56)(H,50,55,58). The second-order valence-corrected chi connectivity index (χ2v) is 19.2. The maximum absolute atomic E-state index is 14.7. The van der Waals surface area contributed by atoms with Crippen molar-refractivity contribution in [2.24, 2.45) is 7.05 Å². The van der Waals surface area contributed by atoms with Gasteiger partial charge in [0.2, 0.25) is 27.7 Å². The summed E-state index contributed by atoms with van der Waals surface area (Å²) in [6, 6.07) is 16.5. The number of imide groups is 1. The number of para-hydroxylation sites is 1. The smallest absolute Gasteiger partial charge is 0.329 e. The van der Waals surface area contributed by atoms with Crippen molar-refractivity contribution in [1.82, 2.24) is 34.0 Å². The topological polar surface area (TPSA) is 205 Å². The normalized spacial score (nSPS) is 14.4. The molecule has 1 atom stereocenters. The van der Waals surface area contributed by atoms with Gasteiger partial charge >= 0.3 is 5.69 Å². The number of thiazole rings is 1. The molecule has 0 saturated carbocycles. The minimum atomic E-state index is -3.74. The Labute approximate surface area is 373 Å². The van der Waals surface area contributed by atoms with E-state index in [1.807, 2.05) is 24.3 Å². The number of aryl methyl sites for hydroxylation is 3. The Morgan fingerprint density at radius 3 is 2.52 bits per heavy atom. The van der Waals surface area contributed by atoms with Crippen molar-refractivity contribution in [3.8, 4) is 11.3 Å². The summed E-state index contributed by atoms with van der Waals surface area (Å²) in [5.41, 5.74) is 4.56. The molecule has 3 aromatic carbocycles. The molecule has 1 unspecified atom stereocenters. The van der Waals surface area contributed by atoms with Gasteiger partial charge < -0.3 is 20.7 Å². The number of carbonyl (C=O) groups is 4. The fourth-order valence-corrected chi connectivity index (χ4v) is 9.59. The molecule has 6 aromatic rings. The molecular weight excluding hydrogens is 864 g/mol. The number of imidazole rings is 1. The highest BCUT2D eigenvalue weighted by atomic mass is 32.2. The van der Waals surface area contributed by atoms with E-state index in [4.69, 9.17) is 4.74 Å². The summed E-state index contributed by atoms with van der Waals surface area (Å²) in [6.07, 6.45) is 5.60. The summed E-state index contributed by atoms with van der Waals surface area (Å²) in [6.45, 7) is 5.44. The number of hydrogen-bond donors (Lipinski definition) is 4. The Morgan fingerprint density at radius 2 is 1.72 bits per heavy atom. The number of hydrogen-bond acceptors (Lipinski definition) is 11. The predicted octanol–water partition coefficient (Wildman–Crippen LogP) is 5.05. The number of anilines is 1. The van der Waals surface area contributed by atoms with Gasteiger partial charge in [-0.1, -0.05) is 24.3 Å². The number of nitrogens with zero attached hydrogens (tertiary/aromatic N) is 4. The molecule has 1 saturated heterocycles. The molecule has 1 aliphatic rings. The van der Waals surface area contributed by atoms with Crippen LogP contribution in [-0.4, -0.2) is 88.2 Å². The first kappa shape index (κ1) is 46.0. The molecule has 3 aromatic heterocycles. The number of aromatic nitrogens is 4. The summed E-state index contributed by atoms with van der Waals surface area (Å²) in [5.74, 6) is -2.31. The van der Waals surface area contributed by atoms with Crippen LogP contribution >= 0.6 is 11.3 Å². The van der Waals surface area contributed by atoms with Crippen LogP contribution < -0.4 is 27.0 Å². The molecule has 0 spiro atoms.